The molecular weight excluding hydrogens is 302 g/mol. The van der Waals surface area contributed by atoms with Gasteiger partial charge in [0.05, 0.1) is 0 Å². The maximum Gasteiger partial charge on any atom is 0.159 e. The molecule has 0 aliphatic carbocycles. The molecule has 0 aliphatic heterocycles. The van der Waals surface area contributed by atoms with Gasteiger partial charge in [-0.2, -0.15) is 0 Å². The second-order valence-electron chi connectivity index (χ2n) is 5.40. The lowest BCUT2D eigenvalue weighted by Gasteiger charge is -2.09. The minimum atomic E-state index is 0.291. The van der Waals surface area contributed by atoms with E-state index in [-0.39, 0.29) is 0 Å². The van der Waals surface area contributed by atoms with Crippen molar-refractivity contribution in [2.75, 3.05) is 5.32 Å². The molecule has 2 aromatic carbocycles. The highest BCUT2D eigenvalue weighted by Crippen LogP contribution is 2.27. The highest BCUT2D eigenvalue weighted by atomic mass is 16.5. The Balaban J connectivity index is 1.65. The van der Waals surface area contributed by atoms with E-state index in [2.05, 4.69) is 15.5 Å². The lowest BCUT2D eigenvalue weighted by Crippen LogP contribution is -1.96. The number of nitrogens with zero attached hydrogens (tertiary/aromatic N) is 2. The largest absolute Gasteiger partial charge is 0.489 e. The van der Waals surface area contributed by atoms with E-state index in [0.29, 0.717) is 18.1 Å². The number of benzene rings is 2. The molecule has 24 heavy (non-hydrogen) atoms. The molecule has 3 aromatic rings. The number of hydrogen-bond donors (Lipinski definition) is 1. The molecule has 0 spiro atoms. The molecule has 1 N–H and O–H groups in total. The minimum Gasteiger partial charge on any atom is -0.489 e. The van der Waals surface area contributed by atoms with E-state index in [1.54, 1.807) is 12.3 Å². The van der Waals surface area contributed by atoms with Crippen molar-refractivity contribution < 1.29 is 4.74 Å². The molecule has 5 nitrogen and oxygen atoms in total. The van der Waals surface area contributed by atoms with Gasteiger partial charge >= 0.3 is 0 Å². The second-order valence-corrected chi connectivity index (χ2v) is 5.40. The maximum absolute atomic E-state index is 10.9. The van der Waals surface area contributed by atoms with Gasteiger partial charge < -0.3 is 10.1 Å². The SMILES string of the molecule is Cc1cnc(Nc2ccc(OCc3ccccc3)cc2)c(N=O)c1. The van der Waals surface area contributed by atoms with Crippen molar-refractivity contribution in [2.45, 2.75) is 13.5 Å². The van der Waals surface area contributed by atoms with Crippen molar-refractivity contribution in [3.8, 4) is 5.75 Å². The maximum atomic E-state index is 10.9. The van der Waals surface area contributed by atoms with Gasteiger partial charge in [-0.05, 0) is 53.6 Å². The molecule has 0 amide bonds. The van der Waals surface area contributed by atoms with E-state index < -0.39 is 0 Å². The highest BCUT2D eigenvalue weighted by molar-refractivity contribution is 5.68. The lowest BCUT2D eigenvalue weighted by atomic mass is 10.2. The molecular formula is C19H17N3O2. The van der Waals surface area contributed by atoms with Gasteiger partial charge in [0, 0.05) is 11.9 Å². The Hall–Kier alpha value is -3.21. The van der Waals surface area contributed by atoms with Crippen LogP contribution in [0, 0.1) is 11.8 Å². The third-order valence-corrected chi connectivity index (χ3v) is 3.47. The van der Waals surface area contributed by atoms with Gasteiger partial charge in [-0.1, -0.05) is 30.3 Å². The second kappa shape index (κ2) is 7.37. The zero-order valence-electron chi connectivity index (χ0n) is 13.3. The average molecular weight is 319 g/mol. The number of pyridine rings is 1. The summed E-state index contributed by atoms with van der Waals surface area (Å²) in [5.41, 5.74) is 3.10. The Morgan fingerprint density at radius 3 is 2.54 bits per heavy atom. The number of anilines is 2. The molecule has 1 heterocycles. The van der Waals surface area contributed by atoms with Gasteiger partial charge in [0.2, 0.25) is 0 Å². The summed E-state index contributed by atoms with van der Waals surface area (Å²) in [6.07, 6.45) is 1.69. The number of hydrogen-bond acceptors (Lipinski definition) is 5. The van der Waals surface area contributed by atoms with Crippen molar-refractivity contribution in [1.29, 1.82) is 0 Å². The predicted molar refractivity (Wildman–Crippen MR) is 94.9 cm³/mol. The van der Waals surface area contributed by atoms with Crippen LogP contribution in [0.15, 0.2) is 72.0 Å². The van der Waals surface area contributed by atoms with Gasteiger partial charge in [0.1, 0.15) is 12.4 Å². The highest BCUT2D eigenvalue weighted by Gasteiger charge is 2.05. The van der Waals surface area contributed by atoms with E-state index in [4.69, 9.17) is 4.74 Å². The molecule has 5 heteroatoms. The van der Waals surface area contributed by atoms with Crippen LogP contribution in [0.25, 0.3) is 0 Å². The summed E-state index contributed by atoms with van der Waals surface area (Å²) in [5, 5.41) is 6.10. The van der Waals surface area contributed by atoms with Crippen LogP contribution in [-0.4, -0.2) is 4.98 Å². The molecule has 0 bridgehead atoms. The summed E-state index contributed by atoms with van der Waals surface area (Å²) >= 11 is 0. The number of nitrogens with one attached hydrogen (secondary N) is 1. The summed E-state index contributed by atoms with van der Waals surface area (Å²) in [5.74, 6) is 1.21. The average Bonchev–Trinajstić information content (AvgIpc) is 2.63. The minimum absolute atomic E-state index is 0.291. The summed E-state index contributed by atoms with van der Waals surface area (Å²) < 4.78 is 5.75. The van der Waals surface area contributed by atoms with Crippen LogP contribution in [0.4, 0.5) is 17.2 Å². The third-order valence-electron chi connectivity index (χ3n) is 3.47. The van der Waals surface area contributed by atoms with Gasteiger partial charge in [0.25, 0.3) is 0 Å². The topological polar surface area (TPSA) is 63.6 Å². The zero-order chi connectivity index (χ0) is 16.8. The standard InChI is InChI=1S/C19H17N3O2/c1-14-11-18(22-23)19(20-12-14)21-16-7-9-17(10-8-16)24-13-15-5-3-2-4-6-15/h2-12H,13H2,1H3,(H,20,21). The third kappa shape index (κ3) is 3.95. The van der Waals surface area contributed by atoms with Crippen LogP contribution in [0.2, 0.25) is 0 Å². The molecule has 3 rings (SSSR count). The molecule has 0 atom stereocenters. The lowest BCUT2D eigenvalue weighted by molar-refractivity contribution is 0.306. The molecule has 0 fully saturated rings. The number of ether oxygens (including phenoxy) is 1. The zero-order valence-corrected chi connectivity index (χ0v) is 13.3. The summed E-state index contributed by atoms with van der Waals surface area (Å²) in [4.78, 5) is 15.1. The first-order valence-corrected chi connectivity index (χ1v) is 7.58. The molecule has 0 aliphatic rings. The number of rotatable bonds is 6. The smallest absolute Gasteiger partial charge is 0.159 e. The Morgan fingerprint density at radius 1 is 1.08 bits per heavy atom. The fraction of sp³-hybridized carbons (Fsp3) is 0.105. The number of aromatic nitrogens is 1. The monoisotopic (exact) mass is 319 g/mol. The molecule has 0 saturated heterocycles. The normalized spacial score (nSPS) is 10.2. The Kier molecular flexibility index (Phi) is 4.81. The van der Waals surface area contributed by atoms with E-state index in [1.165, 1.54) is 0 Å². The van der Waals surface area contributed by atoms with Crippen LogP contribution >= 0.6 is 0 Å². The van der Waals surface area contributed by atoms with E-state index in [9.17, 15) is 4.91 Å². The first kappa shape index (κ1) is 15.7. The van der Waals surface area contributed by atoms with Crippen LogP contribution in [0.1, 0.15) is 11.1 Å². The van der Waals surface area contributed by atoms with Gasteiger partial charge in [-0.3, -0.25) is 0 Å². The first-order valence-electron chi connectivity index (χ1n) is 7.58. The van der Waals surface area contributed by atoms with E-state index >= 15 is 0 Å². The predicted octanol–water partition coefficient (Wildman–Crippen LogP) is 5.11. The van der Waals surface area contributed by atoms with Gasteiger partial charge in [-0.15, -0.1) is 4.91 Å². The van der Waals surface area contributed by atoms with E-state index in [0.717, 1.165) is 22.6 Å². The molecule has 1 aromatic heterocycles. The Bertz CT molecular complexity index is 818. The number of nitroso groups, excluding NO2 is 1. The van der Waals surface area contributed by atoms with Crippen LogP contribution in [-0.2, 0) is 6.61 Å². The van der Waals surface area contributed by atoms with Crippen LogP contribution in [0.3, 0.4) is 0 Å². The van der Waals surface area contributed by atoms with Gasteiger partial charge in [0.15, 0.2) is 11.5 Å². The van der Waals surface area contributed by atoms with Crippen LogP contribution < -0.4 is 10.1 Å². The molecule has 120 valence electrons. The van der Waals surface area contributed by atoms with Crippen molar-refractivity contribution in [1.82, 2.24) is 4.98 Å². The fourth-order valence-corrected chi connectivity index (χ4v) is 2.23. The van der Waals surface area contributed by atoms with Crippen LogP contribution in [0.5, 0.6) is 5.75 Å². The molecule has 0 saturated carbocycles. The van der Waals surface area contributed by atoms with Crippen molar-refractivity contribution >= 4 is 17.2 Å². The quantitative estimate of drug-likeness (QED) is 0.641. The van der Waals surface area contributed by atoms with Gasteiger partial charge in [-0.25, -0.2) is 4.98 Å². The Morgan fingerprint density at radius 2 is 1.83 bits per heavy atom. The molecule has 0 radical (unpaired) electrons. The van der Waals surface area contributed by atoms with Crippen molar-refractivity contribution in [2.24, 2.45) is 5.18 Å². The summed E-state index contributed by atoms with van der Waals surface area (Å²) in [6.45, 7) is 2.39. The van der Waals surface area contributed by atoms with Crippen molar-refractivity contribution in [3.63, 3.8) is 0 Å². The summed E-state index contributed by atoms with van der Waals surface area (Å²) in [6, 6.07) is 19.2. The van der Waals surface area contributed by atoms with E-state index in [1.807, 2.05) is 61.5 Å². The first-order chi connectivity index (χ1) is 11.7. The Labute approximate surface area is 140 Å². The summed E-state index contributed by atoms with van der Waals surface area (Å²) in [7, 11) is 0. The van der Waals surface area contributed by atoms with Crippen molar-refractivity contribution in [3.05, 3.63) is 82.9 Å². The molecule has 0 unspecified atom stereocenters. The number of aryl methyl sites for hydroxylation is 1. The fourth-order valence-electron chi connectivity index (χ4n) is 2.23.